The van der Waals surface area contributed by atoms with E-state index in [2.05, 4.69) is 31.2 Å². The zero-order valence-electron chi connectivity index (χ0n) is 8.64. The lowest BCUT2D eigenvalue weighted by Crippen LogP contribution is -2.39. The fourth-order valence-corrected chi connectivity index (χ4v) is 1.75. The molecule has 12 heavy (non-hydrogen) atoms. The Kier molecular flexibility index (Phi) is 4.02. The molecule has 0 spiro atoms. The van der Waals surface area contributed by atoms with Crippen LogP contribution in [-0.2, 0) is 0 Å². The minimum atomic E-state index is 0.709. The van der Waals surface area contributed by atoms with Gasteiger partial charge in [-0.15, -0.1) is 0 Å². The summed E-state index contributed by atoms with van der Waals surface area (Å²) in [6.07, 6.45) is 5.45. The largest absolute Gasteiger partial charge is 0.314 e. The van der Waals surface area contributed by atoms with Crippen LogP contribution in [0.5, 0.6) is 0 Å². The molecule has 1 saturated heterocycles. The maximum Gasteiger partial charge on any atom is 0.00818 e. The van der Waals surface area contributed by atoms with Gasteiger partial charge in [-0.3, -0.25) is 0 Å². The fourth-order valence-electron chi connectivity index (χ4n) is 1.75. The molecule has 2 atom stereocenters. The van der Waals surface area contributed by atoms with Gasteiger partial charge in [0.25, 0.3) is 0 Å². The molecule has 0 saturated carbocycles. The first-order valence-corrected chi connectivity index (χ1v) is 5.10. The van der Waals surface area contributed by atoms with Gasteiger partial charge in [0.05, 0.1) is 0 Å². The maximum absolute atomic E-state index is 3.58. The summed E-state index contributed by atoms with van der Waals surface area (Å²) in [6.45, 7) is 3.53. The molecule has 0 bridgehead atoms. The van der Waals surface area contributed by atoms with E-state index >= 15 is 0 Å². The van der Waals surface area contributed by atoms with Gasteiger partial charge < -0.3 is 10.2 Å². The Morgan fingerprint density at radius 2 is 2.17 bits per heavy atom. The number of hydrogen-bond donors (Lipinski definition) is 1. The lowest BCUT2D eigenvalue weighted by atomic mass is 9.98. The molecule has 1 aliphatic rings. The minimum absolute atomic E-state index is 0.709. The Labute approximate surface area is 76.3 Å². The molecule has 0 amide bonds. The van der Waals surface area contributed by atoms with E-state index in [-0.39, 0.29) is 0 Å². The molecule has 0 aliphatic carbocycles. The van der Waals surface area contributed by atoms with E-state index < -0.39 is 0 Å². The van der Waals surface area contributed by atoms with Gasteiger partial charge in [0.2, 0.25) is 0 Å². The molecule has 0 aromatic heterocycles. The second-order valence-corrected chi connectivity index (χ2v) is 4.20. The van der Waals surface area contributed by atoms with E-state index in [9.17, 15) is 0 Å². The van der Waals surface area contributed by atoms with Crippen LogP contribution in [0.25, 0.3) is 0 Å². The Balaban J connectivity index is 2.20. The molecule has 2 heteroatoms. The Morgan fingerprint density at radius 3 is 2.67 bits per heavy atom. The van der Waals surface area contributed by atoms with E-state index in [0.717, 1.165) is 6.04 Å². The third kappa shape index (κ3) is 3.11. The summed E-state index contributed by atoms with van der Waals surface area (Å²) in [5.41, 5.74) is 0. The van der Waals surface area contributed by atoms with Crippen LogP contribution in [0.1, 0.15) is 32.6 Å². The van der Waals surface area contributed by atoms with Gasteiger partial charge in [0, 0.05) is 12.1 Å². The van der Waals surface area contributed by atoms with Gasteiger partial charge in [0.1, 0.15) is 0 Å². The van der Waals surface area contributed by atoms with Gasteiger partial charge in [-0.05, 0) is 46.8 Å². The van der Waals surface area contributed by atoms with Crippen molar-refractivity contribution in [2.75, 3.05) is 20.6 Å². The molecule has 0 radical (unpaired) electrons. The van der Waals surface area contributed by atoms with Gasteiger partial charge in [0.15, 0.2) is 0 Å². The van der Waals surface area contributed by atoms with Crippen molar-refractivity contribution in [3.8, 4) is 0 Å². The van der Waals surface area contributed by atoms with Gasteiger partial charge in [-0.1, -0.05) is 6.42 Å². The summed E-state index contributed by atoms with van der Waals surface area (Å²) in [7, 11) is 4.32. The zero-order valence-corrected chi connectivity index (χ0v) is 8.64. The highest BCUT2D eigenvalue weighted by molar-refractivity contribution is 4.76. The minimum Gasteiger partial charge on any atom is -0.314 e. The number of piperidine rings is 1. The average molecular weight is 170 g/mol. The molecule has 1 heterocycles. The Bertz CT molecular complexity index is 117. The third-order valence-electron chi connectivity index (χ3n) is 2.92. The van der Waals surface area contributed by atoms with Crippen LogP contribution in [0.2, 0.25) is 0 Å². The van der Waals surface area contributed by atoms with E-state index in [1.165, 1.54) is 32.2 Å². The normalized spacial score (nSPS) is 27.5. The topological polar surface area (TPSA) is 15.3 Å². The van der Waals surface area contributed by atoms with Crippen LogP contribution < -0.4 is 5.32 Å². The Hall–Kier alpha value is -0.0800. The first kappa shape index (κ1) is 10.0. The van der Waals surface area contributed by atoms with Crippen LogP contribution >= 0.6 is 0 Å². The van der Waals surface area contributed by atoms with Crippen molar-refractivity contribution in [2.45, 2.75) is 44.7 Å². The highest BCUT2D eigenvalue weighted by atomic mass is 15.1. The van der Waals surface area contributed by atoms with E-state index in [1.807, 2.05) is 0 Å². The molecule has 2 unspecified atom stereocenters. The predicted octanol–water partition coefficient (Wildman–Crippen LogP) is 1.47. The fraction of sp³-hybridized carbons (Fsp3) is 1.00. The first-order chi connectivity index (χ1) is 5.70. The third-order valence-corrected chi connectivity index (χ3v) is 2.92. The molecule has 0 aromatic rings. The molecule has 0 aromatic carbocycles. The van der Waals surface area contributed by atoms with Crippen molar-refractivity contribution in [1.29, 1.82) is 0 Å². The van der Waals surface area contributed by atoms with Crippen molar-refractivity contribution < 1.29 is 0 Å². The van der Waals surface area contributed by atoms with E-state index in [4.69, 9.17) is 0 Å². The van der Waals surface area contributed by atoms with Crippen molar-refractivity contribution in [2.24, 2.45) is 0 Å². The maximum atomic E-state index is 3.58. The second-order valence-electron chi connectivity index (χ2n) is 4.20. The summed E-state index contributed by atoms with van der Waals surface area (Å²) in [6, 6.07) is 1.48. The molecule has 72 valence electrons. The molecular weight excluding hydrogens is 148 g/mol. The summed E-state index contributed by atoms with van der Waals surface area (Å²) >= 11 is 0. The number of rotatable bonds is 3. The SMILES string of the molecule is CC(CC1CCCCN1)N(C)C. The summed E-state index contributed by atoms with van der Waals surface area (Å²) < 4.78 is 0. The van der Waals surface area contributed by atoms with E-state index in [0.29, 0.717) is 6.04 Å². The smallest absolute Gasteiger partial charge is 0.00818 e. The van der Waals surface area contributed by atoms with Crippen LogP contribution in [0.3, 0.4) is 0 Å². The Morgan fingerprint density at radius 1 is 1.42 bits per heavy atom. The molecule has 1 fully saturated rings. The molecule has 1 N–H and O–H groups in total. The van der Waals surface area contributed by atoms with Crippen LogP contribution in [0, 0.1) is 0 Å². The predicted molar refractivity (Wildman–Crippen MR) is 53.4 cm³/mol. The number of nitrogens with one attached hydrogen (secondary N) is 1. The zero-order chi connectivity index (χ0) is 8.97. The van der Waals surface area contributed by atoms with Gasteiger partial charge in [-0.2, -0.15) is 0 Å². The molecule has 2 nitrogen and oxygen atoms in total. The van der Waals surface area contributed by atoms with Crippen LogP contribution in [-0.4, -0.2) is 37.6 Å². The standard InChI is InChI=1S/C10H22N2/c1-9(12(2)3)8-10-6-4-5-7-11-10/h9-11H,4-8H2,1-3H3. The monoisotopic (exact) mass is 170 g/mol. The van der Waals surface area contributed by atoms with Gasteiger partial charge >= 0.3 is 0 Å². The van der Waals surface area contributed by atoms with Crippen LogP contribution in [0.4, 0.5) is 0 Å². The molecule has 1 rings (SSSR count). The lowest BCUT2D eigenvalue weighted by Gasteiger charge is -2.29. The number of hydrogen-bond acceptors (Lipinski definition) is 2. The van der Waals surface area contributed by atoms with Crippen molar-refractivity contribution in [1.82, 2.24) is 10.2 Å². The molecule has 1 aliphatic heterocycles. The average Bonchev–Trinajstić information content (AvgIpc) is 2.06. The first-order valence-electron chi connectivity index (χ1n) is 5.10. The van der Waals surface area contributed by atoms with Crippen LogP contribution in [0.15, 0.2) is 0 Å². The summed E-state index contributed by atoms with van der Waals surface area (Å²) in [4.78, 5) is 2.30. The van der Waals surface area contributed by atoms with Crippen molar-refractivity contribution >= 4 is 0 Å². The molecular formula is C10H22N2. The highest BCUT2D eigenvalue weighted by Crippen LogP contribution is 2.13. The summed E-state index contributed by atoms with van der Waals surface area (Å²) in [5, 5.41) is 3.58. The lowest BCUT2D eigenvalue weighted by molar-refractivity contribution is 0.252. The van der Waals surface area contributed by atoms with Crippen molar-refractivity contribution in [3.63, 3.8) is 0 Å². The summed E-state index contributed by atoms with van der Waals surface area (Å²) in [5.74, 6) is 0. The van der Waals surface area contributed by atoms with Crippen molar-refractivity contribution in [3.05, 3.63) is 0 Å². The van der Waals surface area contributed by atoms with E-state index in [1.54, 1.807) is 0 Å². The quantitative estimate of drug-likeness (QED) is 0.690. The van der Waals surface area contributed by atoms with Gasteiger partial charge in [-0.25, -0.2) is 0 Å². The number of nitrogens with zero attached hydrogens (tertiary/aromatic N) is 1. The highest BCUT2D eigenvalue weighted by Gasteiger charge is 2.16. The second kappa shape index (κ2) is 4.83.